The zero-order chi connectivity index (χ0) is 13.3. The van der Waals surface area contributed by atoms with E-state index in [9.17, 15) is 4.79 Å². The predicted octanol–water partition coefficient (Wildman–Crippen LogP) is 4.10. The summed E-state index contributed by atoms with van der Waals surface area (Å²) in [6, 6.07) is 0. The first kappa shape index (κ1) is 13.6. The van der Waals surface area contributed by atoms with Crippen molar-refractivity contribution in [3.63, 3.8) is 0 Å². The van der Waals surface area contributed by atoms with Crippen molar-refractivity contribution in [3.8, 4) is 0 Å². The van der Waals surface area contributed by atoms with E-state index < -0.39 is 0 Å². The highest BCUT2D eigenvalue weighted by atomic mass is 16.5. The van der Waals surface area contributed by atoms with Crippen LogP contribution in [0.2, 0.25) is 0 Å². The van der Waals surface area contributed by atoms with Gasteiger partial charge in [0.05, 0.1) is 6.42 Å². The zero-order valence-electron chi connectivity index (χ0n) is 12.0. The lowest BCUT2D eigenvalue weighted by Crippen LogP contribution is -2.42. The van der Waals surface area contributed by atoms with Crippen LogP contribution in [-0.2, 0) is 9.53 Å². The molecule has 0 aromatic carbocycles. The molecule has 2 nitrogen and oxygen atoms in total. The van der Waals surface area contributed by atoms with Gasteiger partial charge in [0, 0.05) is 5.92 Å². The topological polar surface area (TPSA) is 26.3 Å². The summed E-state index contributed by atoms with van der Waals surface area (Å²) in [6.07, 6.45) is 6.42. The highest BCUT2D eigenvalue weighted by Gasteiger charge is 2.43. The Bertz CT molecular complexity index is 347. The van der Waals surface area contributed by atoms with Gasteiger partial charge in [-0.1, -0.05) is 39.3 Å². The molecule has 0 spiro atoms. The average Bonchev–Trinajstić information content (AvgIpc) is 2.30. The maximum Gasteiger partial charge on any atom is 0.310 e. The number of esters is 1. The quantitative estimate of drug-likeness (QED) is 0.557. The maximum atomic E-state index is 11.4. The van der Waals surface area contributed by atoms with Crippen LogP contribution in [-0.4, -0.2) is 12.1 Å². The standard InChI is InChI=1S/C16H26O2/c1-5-11(2)9-16(4)7-6-14-13(10-16)12(3)8-15(17)18-14/h11,13-14H,3,5-10H2,1-2,4H3. The summed E-state index contributed by atoms with van der Waals surface area (Å²) in [4.78, 5) is 11.4. The molecule has 2 fully saturated rings. The Morgan fingerprint density at radius 2 is 2.28 bits per heavy atom. The van der Waals surface area contributed by atoms with Crippen molar-refractivity contribution in [3.05, 3.63) is 12.2 Å². The molecule has 2 rings (SSSR count). The first-order chi connectivity index (χ1) is 8.43. The fourth-order valence-corrected chi connectivity index (χ4v) is 3.70. The SMILES string of the molecule is C=C1CC(=O)OC2CCC(C)(CC(C)CC)CC12. The molecule has 2 heteroatoms. The number of hydrogen-bond acceptors (Lipinski definition) is 2. The molecule has 0 radical (unpaired) electrons. The molecule has 1 aliphatic heterocycles. The Balaban J connectivity index is 2.04. The Labute approximate surface area is 111 Å². The molecule has 0 aromatic rings. The van der Waals surface area contributed by atoms with Crippen LogP contribution in [0, 0.1) is 17.3 Å². The normalized spacial score (nSPS) is 37.9. The molecule has 1 saturated heterocycles. The Morgan fingerprint density at radius 1 is 1.56 bits per heavy atom. The summed E-state index contributed by atoms with van der Waals surface area (Å²) in [5.41, 5.74) is 1.51. The fraction of sp³-hybridized carbons (Fsp3) is 0.812. The molecule has 2 aliphatic rings. The van der Waals surface area contributed by atoms with E-state index in [0.29, 0.717) is 17.8 Å². The molecule has 4 unspecified atom stereocenters. The van der Waals surface area contributed by atoms with E-state index >= 15 is 0 Å². The largest absolute Gasteiger partial charge is 0.461 e. The third-order valence-corrected chi connectivity index (χ3v) is 4.91. The zero-order valence-corrected chi connectivity index (χ0v) is 12.0. The minimum Gasteiger partial charge on any atom is -0.461 e. The maximum absolute atomic E-state index is 11.4. The van der Waals surface area contributed by atoms with Crippen molar-refractivity contribution in [1.82, 2.24) is 0 Å². The molecule has 102 valence electrons. The van der Waals surface area contributed by atoms with E-state index in [4.69, 9.17) is 4.74 Å². The van der Waals surface area contributed by atoms with Gasteiger partial charge >= 0.3 is 5.97 Å². The molecule has 0 amide bonds. The van der Waals surface area contributed by atoms with E-state index in [1.165, 1.54) is 19.3 Å². The summed E-state index contributed by atoms with van der Waals surface area (Å²) in [5.74, 6) is 1.11. The summed E-state index contributed by atoms with van der Waals surface area (Å²) in [6.45, 7) is 11.1. The fourth-order valence-electron chi connectivity index (χ4n) is 3.70. The van der Waals surface area contributed by atoms with Crippen LogP contribution in [0.3, 0.4) is 0 Å². The van der Waals surface area contributed by atoms with Crippen molar-refractivity contribution < 1.29 is 9.53 Å². The third kappa shape index (κ3) is 2.78. The molecule has 0 aromatic heterocycles. The van der Waals surface area contributed by atoms with E-state index in [-0.39, 0.29) is 12.1 Å². The van der Waals surface area contributed by atoms with Gasteiger partial charge in [0.2, 0.25) is 0 Å². The summed E-state index contributed by atoms with van der Waals surface area (Å²) in [5, 5.41) is 0. The molecule has 0 N–H and O–H groups in total. The lowest BCUT2D eigenvalue weighted by atomic mass is 9.63. The van der Waals surface area contributed by atoms with Crippen molar-refractivity contribution >= 4 is 5.97 Å². The molecule has 0 bridgehead atoms. The first-order valence-electron chi connectivity index (χ1n) is 7.30. The van der Waals surface area contributed by atoms with Crippen molar-refractivity contribution in [1.29, 1.82) is 0 Å². The van der Waals surface area contributed by atoms with Crippen LogP contribution in [0.1, 0.15) is 59.3 Å². The van der Waals surface area contributed by atoms with Crippen LogP contribution in [0.4, 0.5) is 0 Å². The Morgan fingerprint density at radius 3 is 2.94 bits per heavy atom. The van der Waals surface area contributed by atoms with Gasteiger partial charge in [-0.2, -0.15) is 0 Å². The number of carbonyl (C=O) groups excluding carboxylic acids is 1. The van der Waals surface area contributed by atoms with E-state index in [0.717, 1.165) is 24.3 Å². The highest BCUT2D eigenvalue weighted by Crippen LogP contribution is 2.48. The number of rotatable bonds is 3. The highest BCUT2D eigenvalue weighted by molar-refractivity contribution is 5.74. The number of carbonyl (C=O) groups is 1. The first-order valence-corrected chi connectivity index (χ1v) is 7.30. The Kier molecular flexibility index (Phi) is 3.84. The number of ether oxygens (including phenoxy) is 1. The van der Waals surface area contributed by atoms with Crippen molar-refractivity contribution in [2.24, 2.45) is 17.3 Å². The van der Waals surface area contributed by atoms with Crippen molar-refractivity contribution in [2.45, 2.75) is 65.4 Å². The van der Waals surface area contributed by atoms with E-state index in [1.54, 1.807) is 0 Å². The Hall–Kier alpha value is -0.790. The summed E-state index contributed by atoms with van der Waals surface area (Å²) in [7, 11) is 0. The number of fused-ring (bicyclic) bond motifs is 1. The summed E-state index contributed by atoms with van der Waals surface area (Å²) >= 11 is 0. The second kappa shape index (κ2) is 5.07. The van der Waals surface area contributed by atoms with Crippen LogP contribution < -0.4 is 0 Å². The van der Waals surface area contributed by atoms with Crippen LogP contribution >= 0.6 is 0 Å². The molecular formula is C16H26O2. The van der Waals surface area contributed by atoms with Gasteiger partial charge in [0.15, 0.2) is 0 Å². The predicted molar refractivity (Wildman–Crippen MR) is 73.2 cm³/mol. The van der Waals surface area contributed by atoms with Crippen LogP contribution in [0.15, 0.2) is 12.2 Å². The van der Waals surface area contributed by atoms with Gasteiger partial charge in [-0.15, -0.1) is 0 Å². The summed E-state index contributed by atoms with van der Waals surface area (Å²) < 4.78 is 5.49. The second-order valence-corrected chi connectivity index (χ2v) is 6.74. The minimum atomic E-state index is -0.0771. The third-order valence-electron chi connectivity index (χ3n) is 4.91. The van der Waals surface area contributed by atoms with Gasteiger partial charge in [-0.3, -0.25) is 4.79 Å². The van der Waals surface area contributed by atoms with Gasteiger partial charge < -0.3 is 4.74 Å². The smallest absolute Gasteiger partial charge is 0.310 e. The average molecular weight is 250 g/mol. The van der Waals surface area contributed by atoms with Gasteiger partial charge in [0.1, 0.15) is 6.10 Å². The molecular weight excluding hydrogens is 224 g/mol. The van der Waals surface area contributed by atoms with Gasteiger partial charge in [-0.25, -0.2) is 0 Å². The molecule has 1 saturated carbocycles. The molecule has 4 atom stereocenters. The monoisotopic (exact) mass is 250 g/mol. The van der Waals surface area contributed by atoms with E-state index in [1.807, 2.05) is 0 Å². The second-order valence-electron chi connectivity index (χ2n) is 6.74. The molecule has 1 aliphatic carbocycles. The molecule has 18 heavy (non-hydrogen) atoms. The van der Waals surface area contributed by atoms with Gasteiger partial charge in [0.25, 0.3) is 0 Å². The minimum absolute atomic E-state index is 0.0771. The van der Waals surface area contributed by atoms with Gasteiger partial charge in [-0.05, 0) is 37.0 Å². The van der Waals surface area contributed by atoms with Crippen LogP contribution in [0.25, 0.3) is 0 Å². The van der Waals surface area contributed by atoms with E-state index in [2.05, 4.69) is 27.4 Å². The molecule has 1 heterocycles. The number of hydrogen-bond donors (Lipinski definition) is 0. The lowest BCUT2D eigenvalue weighted by molar-refractivity contribution is -0.158. The van der Waals surface area contributed by atoms with Crippen LogP contribution in [0.5, 0.6) is 0 Å². The lowest BCUT2D eigenvalue weighted by Gasteiger charge is -2.46. The van der Waals surface area contributed by atoms with Crippen molar-refractivity contribution in [2.75, 3.05) is 0 Å².